The second-order valence-corrected chi connectivity index (χ2v) is 4.47. The molecule has 0 saturated carbocycles. The zero-order valence-corrected chi connectivity index (χ0v) is 9.94. The van der Waals surface area contributed by atoms with E-state index in [0.717, 1.165) is 11.3 Å². The third-order valence-corrected chi connectivity index (χ3v) is 3.12. The molecule has 0 bridgehead atoms. The number of rotatable bonds is 3. The van der Waals surface area contributed by atoms with Crippen LogP contribution in [0.3, 0.4) is 0 Å². The molecule has 0 aliphatic heterocycles. The lowest BCUT2D eigenvalue weighted by atomic mass is 10.2. The summed E-state index contributed by atoms with van der Waals surface area (Å²) >= 11 is 1.34. The lowest BCUT2D eigenvalue weighted by Gasteiger charge is -2.00. The summed E-state index contributed by atoms with van der Waals surface area (Å²) in [5.74, 6) is -1.08. The molecule has 0 amide bonds. The number of carboxylic acids is 1. The van der Waals surface area contributed by atoms with Crippen LogP contribution in [-0.2, 0) is 4.79 Å². The van der Waals surface area contributed by atoms with Crippen LogP contribution in [0.1, 0.15) is 17.3 Å². The molecule has 1 unspecified atom stereocenters. The lowest BCUT2D eigenvalue weighted by Crippen LogP contribution is -2.20. The van der Waals surface area contributed by atoms with E-state index in [1.54, 1.807) is 11.6 Å². The van der Waals surface area contributed by atoms with Crippen LogP contribution in [0.2, 0.25) is 0 Å². The molecule has 88 valence electrons. The van der Waals surface area contributed by atoms with Crippen molar-refractivity contribution >= 4 is 17.3 Å². The van der Waals surface area contributed by atoms with Crippen LogP contribution >= 0.6 is 11.3 Å². The van der Waals surface area contributed by atoms with E-state index in [1.165, 1.54) is 11.3 Å². The second-order valence-electron chi connectivity index (χ2n) is 3.61. The average Bonchev–Trinajstić information content (AvgIpc) is 2.78. The Kier molecular flexibility index (Phi) is 3.16. The Morgan fingerprint density at radius 1 is 1.53 bits per heavy atom. The number of aryl methyl sites for hydroxylation is 1. The van der Waals surface area contributed by atoms with Crippen molar-refractivity contribution in [3.63, 3.8) is 0 Å². The quantitative estimate of drug-likeness (QED) is 0.862. The topological polar surface area (TPSA) is 89.1 Å². The summed E-state index contributed by atoms with van der Waals surface area (Å²) in [6, 6.07) is 2.70. The number of aromatic nitrogens is 2. The van der Waals surface area contributed by atoms with Gasteiger partial charge >= 0.3 is 5.97 Å². The first kappa shape index (κ1) is 11.7. The Bertz CT molecular complexity index is 536. The summed E-state index contributed by atoms with van der Waals surface area (Å²) in [5.41, 5.74) is 7.63. The Hall–Kier alpha value is -1.79. The molecule has 3 N–H and O–H groups in total. The first-order valence-electron chi connectivity index (χ1n) is 4.95. The maximum atomic E-state index is 10.7. The van der Waals surface area contributed by atoms with Crippen LogP contribution in [0.25, 0.3) is 10.7 Å². The van der Waals surface area contributed by atoms with Gasteiger partial charge in [-0.15, -0.1) is 11.3 Å². The summed E-state index contributed by atoms with van der Waals surface area (Å²) in [6.45, 7) is 1.95. The molecule has 17 heavy (non-hydrogen) atoms. The van der Waals surface area contributed by atoms with E-state index in [4.69, 9.17) is 10.8 Å². The van der Waals surface area contributed by atoms with Gasteiger partial charge in [-0.05, 0) is 18.6 Å². The molecular weight excluding hydrogens is 238 g/mol. The molecule has 0 aromatic carbocycles. The molecule has 2 heterocycles. The predicted molar refractivity (Wildman–Crippen MR) is 64.6 cm³/mol. The molecule has 0 spiro atoms. The monoisotopic (exact) mass is 249 g/mol. The van der Waals surface area contributed by atoms with Gasteiger partial charge < -0.3 is 10.8 Å². The number of thiazole rings is 1. The smallest absolute Gasteiger partial charge is 0.326 e. The van der Waals surface area contributed by atoms with Gasteiger partial charge in [0.2, 0.25) is 0 Å². The van der Waals surface area contributed by atoms with Crippen LogP contribution < -0.4 is 5.73 Å². The van der Waals surface area contributed by atoms with Gasteiger partial charge in [0.25, 0.3) is 0 Å². The highest BCUT2D eigenvalue weighted by Crippen LogP contribution is 2.24. The largest absolute Gasteiger partial charge is 0.480 e. The van der Waals surface area contributed by atoms with E-state index >= 15 is 0 Å². The third kappa shape index (κ3) is 2.48. The van der Waals surface area contributed by atoms with Crippen molar-refractivity contribution in [1.29, 1.82) is 0 Å². The molecule has 6 heteroatoms. The van der Waals surface area contributed by atoms with Crippen LogP contribution in [0.15, 0.2) is 23.7 Å². The third-order valence-electron chi connectivity index (χ3n) is 2.24. The number of carbonyl (C=O) groups is 1. The van der Waals surface area contributed by atoms with Gasteiger partial charge in [-0.1, -0.05) is 6.07 Å². The number of carboxylic acid groups (broad SMARTS) is 1. The fourth-order valence-corrected chi connectivity index (χ4v) is 2.10. The molecule has 2 rings (SSSR count). The Labute approximate surface area is 102 Å². The first-order valence-corrected chi connectivity index (χ1v) is 5.82. The van der Waals surface area contributed by atoms with Crippen molar-refractivity contribution in [1.82, 2.24) is 9.97 Å². The van der Waals surface area contributed by atoms with Crippen molar-refractivity contribution in [2.24, 2.45) is 5.73 Å². The van der Waals surface area contributed by atoms with Crippen molar-refractivity contribution in [2.45, 2.75) is 13.0 Å². The molecule has 5 nitrogen and oxygen atoms in total. The van der Waals surface area contributed by atoms with Crippen molar-refractivity contribution in [2.75, 3.05) is 0 Å². The minimum Gasteiger partial charge on any atom is -0.480 e. The minimum absolute atomic E-state index is 0.361. The van der Waals surface area contributed by atoms with Crippen molar-refractivity contribution < 1.29 is 9.90 Å². The fraction of sp³-hybridized carbons (Fsp3) is 0.182. The molecule has 0 radical (unpaired) electrons. The Morgan fingerprint density at radius 2 is 2.29 bits per heavy atom. The normalized spacial score (nSPS) is 12.4. The molecule has 1 atom stereocenters. The highest BCUT2D eigenvalue weighted by molar-refractivity contribution is 7.13. The number of hydrogen-bond donors (Lipinski definition) is 2. The summed E-state index contributed by atoms with van der Waals surface area (Å²) < 4.78 is 0. The van der Waals surface area contributed by atoms with Crippen molar-refractivity contribution in [3.8, 4) is 10.7 Å². The van der Waals surface area contributed by atoms with E-state index in [0.29, 0.717) is 10.7 Å². The minimum atomic E-state index is -1.08. The van der Waals surface area contributed by atoms with E-state index in [9.17, 15) is 4.79 Å². The number of nitrogens with two attached hydrogens (primary N) is 1. The Morgan fingerprint density at radius 3 is 2.88 bits per heavy atom. The summed E-state index contributed by atoms with van der Waals surface area (Å²) in [4.78, 5) is 19.1. The van der Waals surface area contributed by atoms with Gasteiger partial charge in [-0.25, -0.2) is 4.98 Å². The number of aliphatic carboxylic acids is 1. The van der Waals surface area contributed by atoms with Gasteiger partial charge in [0.15, 0.2) is 0 Å². The van der Waals surface area contributed by atoms with Gasteiger partial charge in [0, 0.05) is 11.6 Å². The van der Waals surface area contributed by atoms with Crippen LogP contribution in [-0.4, -0.2) is 21.0 Å². The maximum Gasteiger partial charge on any atom is 0.326 e. The molecule has 0 fully saturated rings. The standard InChI is InChI=1S/C11H11N3O2S/c1-6-2-3-7(13-4-6)10-14-8(5-17-10)9(12)11(15)16/h2-5,9H,12H2,1H3,(H,15,16). The first-order chi connectivity index (χ1) is 8.08. The maximum absolute atomic E-state index is 10.7. The van der Waals surface area contributed by atoms with Gasteiger partial charge in [-0.3, -0.25) is 9.78 Å². The lowest BCUT2D eigenvalue weighted by molar-refractivity contribution is -0.138. The van der Waals surface area contributed by atoms with Gasteiger partial charge in [-0.2, -0.15) is 0 Å². The zero-order chi connectivity index (χ0) is 12.4. The number of pyridine rings is 1. The SMILES string of the molecule is Cc1ccc(-c2nc(C(N)C(=O)O)cs2)nc1. The molecule has 0 saturated heterocycles. The zero-order valence-electron chi connectivity index (χ0n) is 9.12. The molecule has 0 aliphatic carbocycles. The number of hydrogen-bond acceptors (Lipinski definition) is 5. The van der Waals surface area contributed by atoms with Crippen molar-refractivity contribution in [3.05, 3.63) is 35.0 Å². The molecule has 2 aromatic rings. The van der Waals surface area contributed by atoms with E-state index in [2.05, 4.69) is 9.97 Å². The average molecular weight is 249 g/mol. The molecular formula is C11H11N3O2S. The molecule has 0 aliphatic rings. The fourth-order valence-electron chi connectivity index (χ4n) is 1.27. The summed E-state index contributed by atoms with van der Waals surface area (Å²) in [7, 11) is 0. The van der Waals surface area contributed by atoms with Gasteiger partial charge in [0.1, 0.15) is 11.0 Å². The van der Waals surface area contributed by atoms with Crippen LogP contribution in [0, 0.1) is 6.92 Å². The van der Waals surface area contributed by atoms with Crippen LogP contribution in [0.5, 0.6) is 0 Å². The van der Waals surface area contributed by atoms with E-state index in [1.807, 2.05) is 19.1 Å². The predicted octanol–water partition coefficient (Wildman–Crippen LogP) is 1.60. The van der Waals surface area contributed by atoms with Gasteiger partial charge in [0.05, 0.1) is 11.4 Å². The van der Waals surface area contributed by atoms with Crippen LogP contribution in [0.4, 0.5) is 0 Å². The van der Waals surface area contributed by atoms with E-state index in [-0.39, 0.29) is 0 Å². The van der Waals surface area contributed by atoms with E-state index < -0.39 is 12.0 Å². The molecule has 2 aromatic heterocycles. The second kappa shape index (κ2) is 4.60. The Balaban J connectivity index is 2.29. The highest BCUT2D eigenvalue weighted by Gasteiger charge is 2.18. The summed E-state index contributed by atoms with van der Waals surface area (Å²) in [5, 5.41) is 11.1. The highest BCUT2D eigenvalue weighted by atomic mass is 32.1. The number of nitrogens with zero attached hydrogens (tertiary/aromatic N) is 2. The summed E-state index contributed by atoms with van der Waals surface area (Å²) in [6.07, 6.45) is 1.74.